The topological polar surface area (TPSA) is 29.5 Å². The molecule has 0 saturated carbocycles. The summed E-state index contributed by atoms with van der Waals surface area (Å²) in [6, 6.07) is 15.5. The van der Waals surface area contributed by atoms with Crippen LogP contribution in [0, 0.1) is 0 Å². The number of nitrogens with zero attached hydrogens (tertiary/aromatic N) is 1. The first kappa shape index (κ1) is 15.8. The number of anilines is 2. The van der Waals surface area contributed by atoms with Gasteiger partial charge in [0.1, 0.15) is 5.75 Å². The standard InChI is InChI=1S/C19H23NO2Si/c1-19(2,3)23(4,5)22-17-11-9-15(10-12-17)20-16-8-6-7-14(13-16)18(20)21/h6-13H,1-5H3. The molecular weight excluding hydrogens is 302 g/mol. The molecule has 2 aromatic rings. The van der Waals surface area contributed by atoms with Crippen molar-refractivity contribution in [1.82, 2.24) is 0 Å². The van der Waals surface area contributed by atoms with Gasteiger partial charge in [-0.3, -0.25) is 9.69 Å². The molecule has 23 heavy (non-hydrogen) atoms. The van der Waals surface area contributed by atoms with Gasteiger partial charge in [0.05, 0.1) is 5.69 Å². The molecule has 0 saturated heterocycles. The van der Waals surface area contributed by atoms with Crippen LogP contribution in [0.3, 0.4) is 0 Å². The predicted molar refractivity (Wildman–Crippen MR) is 97.2 cm³/mol. The molecule has 0 spiro atoms. The molecule has 0 aliphatic carbocycles. The summed E-state index contributed by atoms with van der Waals surface area (Å²) in [5.41, 5.74) is 2.54. The Morgan fingerprint density at radius 2 is 1.61 bits per heavy atom. The van der Waals surface area contributed by atoms with Crippen LogP contribution in [0.15, 0.2) is 48.5 Å². The van der Waals surface area contributed by atoms with Crippen molar-refractivity contribution in [3.8, 4) is 5.75 Å². The minimum absolute atomic E-state index is 0.0306. The van der Waals surface area contributed by atoms with Gasteiger partial charge >= 0.3 is 0 Å². The Labute approximate surface area is 139 Å². The highest BCUT2D eigenvalue weighted by atomic mass is 28.4. The summed E-state index contributed by atoms with van der Waals surface area (Å²) in [7, 11) is -1.84. The summed E-state index contributed by atoms with van der Waals surface area (Å²) in [4.78, 5) is 14.1. The van der Waals surface area contributed by atoms with Gasteiger partial charge in [-0.25, -0.2) is 0 Å². The zero-order valence-electron chi connectivity index (χ0n) is 14.4. The molecule has 2 aromatic carbocycles. The number of amides is 1. The lowest BCUT2D eigenvalue weighted by atomic mass is 10.2. The van der Waals surface area contributed by atoms with Gasteiger partial charge in [0, 0.05) is 11.3 Å². The van der Waals surface area contributed by atoms with E-state index >= 15 is 0 Å². The maximum absolute atomic E-state index is 12.4. The van der Waals surface area contributed by atoms with Crippen molar-refractivity contribution in [1.29, 1.82) is 0 Å². The normalized spacial score (nSPS) is 14.3. The van der Waals surface area contributed by atoms with Crippen LogP contribution in [0.5, 0.6) is 5.75 Å². The number of carbonyl (C=O) groups excluding carboxylic acids is 1. The Hall–Kier alpha value is -2.07. The molecule has 0 radical (unpaired) electrons. The maximum atomic E-state index is 12.4. The van der Waals surface area contributed by atoms with Gasteiger partial charge < -0.3 is 4.43 Å². The molecule has 3 nitrogen and oxygen atoms in total. The highest BCUT2D eigenvalue weighted by Gasteiger charge is 2.39. The smallest absolute Gasteiger partial charge is 0.262 e. The number of rotatable bonds is 3. The largest absolute Gasteiger partial charge is 0.544 e. The second kappa shape index (κ2) is 5.23. The summed E-state index contributed by atoms with van der Waals surface area (Å²) in [6.45, 7) is 11.1. The van der Waals surface area contributed by atoms with Gasteiger partial charge in [-0.05, 0) is 60.6 Å². The van der Waals surface area contributed by atoms with Crippen molar-refractivity contribution < 1.29 is 9.22 Å². The number of hydrogen-bond donors (Lipinski definition) is 0. The van der Waals surface area contributed by atoms with Gasteiger partial charge in [-0.2, -0.15) is 0 Å². The molecule has 1 aliphatic rings. The van der Waals surface area contributed by atoms with Crippen LogP contribution in [0.25, 0.3) is 0 Å². The Kier molecular flexibility index (Phi) is 3.60. The highest BCUT2D eigenvalue weighted by molar-refractivity contribution is 6.74. The van der Waals surface area contributed by atoms with E-state index in [1.807, 2.05) is 48.5 Å². The van der Waals surface area contributed by atoms with Crippen molar-refractivity contribution in [3.05, 3.63) is 54.1 Å². The van der Waals surface area contributed by atoms with Crippen LogP contribution >= 0.6 is 0 Å². The number of carbonyl (C=O) groups is 1. The van der Waals surface area contributed by atoms with E-state index in [1.54, 1.807) is 4.90 Å². The van der Waals surface area contributed by atoms with Crippen LogP contribution in [-0.2, 0) is 0 Å². The average molecular weight is 325 g/mol. The van der Waals surface area contributed by atoms with Crippen molar-refractivity contribution in [2.75, 3.05) is 4.90 Å². The quantitative estimate of drug-likeness (QED) is 0.711. The van der Waals surface area contributed by atoms with E-state index in [0.29, 0.717) is 0 Å². The summed E-state index contributed by atoms with van der Waals surface area (Å²) in [6.07, 6.45) is 0. The highest BCUT2D eigenvalue weighted by Crippen LogP contribution is 2.38. The lowest BCUT2D eigenvalue weighted by molar-refractivity contribution is 0.100. The zero-order chi connectivity index (χ0) is 16.8. The molecule has 1 amide bonds. The second-order valence-electron chi connectivity index (χ2n) is 7.55. The van der Waals surface area contributed by atoms with Crippen LogP contribution in [0.4, 0.5) is 11.4 Å². The monoisotopic (exact) mass is 325 g/mol. The predicted octanol–water partition coefficient (Wildman–Crippen LogP) is 5.36. The van der Waals surface area contributed by atoms with E-state index in [9.17, 15) is 4.79 Å². The molecule has 0 N–H and O–H groups in total. The molecule has 1 heterocycles. The van der Waals surface area contributed by atoms with Gasteiger partial charge in [0.2, 0.25) is 8.32 Å². The first-order chi connectivity index (χ1) is 10.7. The molecule has 1 aliphatic heterocycles. The van der Waals surface area contributed by atoms with Gasteiger partial charge in [-0.15, -0.1) is 0 Å². The first-order valence-electron chi connectivity index (χ1n) is 7.93. The third kappa shape index (κ3) is 2.79. The number of benzene rings is 2. The molecule has 120 valence electrons. The summed E-state index contributed by atoms with van der Waals surface area (Å²) >= 11 is 0. The molecular formula is C19H23NO2Si. The summed E-state index contributed by atoms with van der Waals surface area (Å²) in [5, 5.41) is 0.162. The summed E-state index contributed by atoms with van der Waals surface area (Å²) < 4.78 is 6.29. The van der Waals surface area contributed by atoms with Crippen molar-refractivity contribution in [2.24, 2.45) is 0 Å². The molecule has 3 rings (SSSR count). The number of fused-ring (bicyclic) bond motifs is 2. The molecule has 0 fully saturated rings. The van der Waals surface area contributed by atoms with E-state index in [0.717, 1.165) is 22.7 Å². The molecule has 4 heteroatoms. The van der Waals surface area contributed by atoms with E-state index < -0.39 is 8.32 Å². The van der Waals surface area contributed by atoms with Crippen molar-refractivity contribution in [3.63, 3.8) is 0 Å². The van der Waals surface area contributed by atoms with Gasteiger partial charge in [0.25, 0.3) is 5.91 Å². The third-order valence-electron chi connectivity index (χ3n) is 4.83. The second-order valence-corrected chi connectivity index (χ2v) is 12.3. The van der Waals surface area contributed by atoms with E-state index in [4.69, 9.17) is 4.43 Å². The Morgan fingerprint density at radius 1 is 0.957 bits per heavy atom. The Morgan fingerprint density at radius 3 is 2.17 bits per heavy atom. The Balaban J connectivity index is 1.82. The van der Waals surface area contributed by atoms with Crippen LogP contribution < -0.4 is 9.33 Å². The Bertz CT molecular complexity index is 745. The third-order valence-corrected chi connectivity index (χ3v) is 9.19. The fourth-order valence-corrected chi connectivity index (χ4v) is 3.43. The molecule has 2 bridgehead atoms. The average Bonchev–Trinajstić information content (AvgIpc) is 2.68. The van der Waals surface area contributed by atoms with Gasteiger partial charge in [-0.1, -0.05) is 26.8 Å². The van der Waals surface area contributed by atoms with Crippen LogP contribution in [0.1, 0.15) is 31.1 Å². The van der Waals surface area contributed by atoms with Crippen molar-refractivity contribution >= 4 is 25.6 Å². The van der Waals surface area contributed by atoms with E-state index in [-0.39, 0.29) is 10.9 Å². The maximum Gasteiger partial charge on any atom is 0.262 e. The van der Waals surface area contributed by atoms with E-state index in [1.165, 1.54) is 0 Å². The minimum atomic E-state index is -1.84. The molecule has 0 aromatic heterocycles. The first-order valence-corrected chi connectivity index (χ1v) is 10.8. The minimum Gasteiger partial charge on any atom is -0.544 e. The SMILES string of the molecule is CC(C)(C)[Si](C)(C)Oc1ccc(N2C(=O)c3cccc2c3)cc1. The zero-order valence-corrected chi connectivity index (χ0v) is 15.4. The van der Waals surface area contributed by atoms with E-state index in [2.05, 4.69) is 33.9 Å². The fraction of sp³-hybridized carbons (Fsp3) is 0.316. The lowest BCUT2D eigenvalue weighted by Crippen LogP contribution is -2.43. The molecule has 0 atom stereocenters. The fourth-order valence-electron chi connectivity index (χ4n) is 2.40. The number of hydrogen-bond acceptors (Lipinski definition) is 2. The molecule has 0 unspecified atom stereocenters. The lowest BCUT2D eigenvalue weighted by Gasteiger charge is -2.36. The van der Waals surface area contributed by atoms with Gasteiger partial charge in [0.15, 0.2) is 0 Å². The van der Waals surface area contributed by atoms with Crippen LogP contribution in [-0.4, -0.2) is 14.2 Å². The summed E-state index contributed by atoms with van der Waals surface area (Å²) in [5.74, 6) is 0.904. The van der Waals surface area contributed by atoms with Crippen molar-refractivity contribution in [2.45, 2.75) is 38.9 Å². The van der Waals surface area contributed by atoms with Crippen LogP contribution in [0.2, 0.25) is 18.1 Å².